The summed E-state index contributed by atoms with van der Waals surface area (Å²) in [4.78, 5) is 29.7. The van der Waals surface area contributed by atoms with Gasteiger partial charge >= 0.3 is 0 Å². The van der Waals surface area contributed by atoms with E-state index in [1.165, 1.54) is 4.90 Å². The van der Waals surface area contributed by atoms with E-state index >= 15 is 0 Å². The summed E-state index contributed by atoms with van der Waals surface area (Å²) in [6.45, 7) is 0.534. The van der Waals surface area contributed by atoms with Gasteiger partial charge in [-0.05, 0) is 12.5 Å². The predicted octanol–water partition coefficient (Wildman–Crippen LogP) is 3.39. The Morgan fingerprint density at radius 3 is 2.68 bits per heavy atom. The number of rotatable bonds is 6. The third-order valence-corrected chi connectivity index (χ3v) is 5.95. The van der Waals surface area contributed by atoms with Crippen molar-refractivity contribution in [2.75, 3.05) is 25.6 Å². The first kappa shape index (κ1) is 23.5. The molecule has 176 valence electrons. The molecule has 0 saturated carbocycles. The van der Waals surface area contributed by atoms with Gasteiger partial charge < -0.3 is 19.9 Å². The molecule has 0 bridgehead atoms. The highest BCUT2D eigenvalue weighted by Gasteiger charge is 2.26. The summed E-state index contributed by atoms with van der Waals surface area (Å²) in [6.07, 6.45) is 4.82. The molecule has 3 aromatic heterocycles. The van der Waals surface area contributed by atoms with E-state index in [1.54, 1.807) is 41.7 Å². The van der Waals surface area contributed by atoms with Crippen LogP contribution in [-0.2, 0) is 11.3 Å². The lowest BCUT2D eigenvalue weighted by Gasteiger charge is -2.04. The van der Waals surface area contributed by atoms with E-state index in [-0.39, 0.29) is 12.5 Å². The number of aryl methyl sites for hydroxylation is 1. The van der Waals surface area contributed by atoms with Crippen LogP contribution in [0.2, 0.25) is 0 Å². The molecule has 1 unspecified atom stereocenters. The quantitative estimate of drug-likeness (QED) is 0.434. The fourth-order valence-electron chi connectivity index (χ4n) is 3.23. The lowest BCUT2D eigenvalue weighted by Crippen LogP contribution is -2.24. The number of alkyl halides is 1. The van der Waals surface area contributed by atoms with Gasteiger partial charge in [0.2, 0.25) is 5.95 Å². The number of benzene rings is 1. The standard InChI is InChI=1S/C18H15FN6S.C5H9NO2/c19-7-9-25-10-16(21-12-25)24-18-20-8-6-14(23-18)15-11-26-17(22-15)13-4-2-1-3-5-13;1-6-3-2-4(7)5(6)8/h1-6,8,10-12H,7,9H2,(H,20,23,24);4,7H,2-3H2,1H3. The number of amides is 1. The molecule has 0 radical (unpaired) electrons. The average molecular weight is 482 g/mol. The van der Waals surface area contributed by atoms with Gasteiger partial charge in [-0.25, -0.2) is 24.3 Å². The second kappa shape index (κ2) is 10.9. The van der Waals surface area contributed by atoms with Crippen molar-refractivity contribution in [1.82, 2.24) is 29.4 Å². The highest BCUT2D eigenvalue weighted by molar-refractivity contribution is 7.13. The molecule has 11 heteroatoms. The predicted molar refractivity (Wildman–Crippen MR) is 128 cm³/mol. The fourth-order valence-corrected chi connectivity index (χ4v) is 4.05. The van der Waals surface area contributed by atoms with Gasteiger partial charge in [-0.2, -0.15) is 0 Å². The van der Waals surface area contributed by atoms with E-state index < -0.39 is 12.8 Å². The number of likely N-dealkylation sites (tertiary alicyclic amines) is 1. The van der Waals surface area contributed by atoms with Gasteiger partial charge in [0.25, 0.3) is 5.91 Å². The van der Waals surface area contributed by atoms with Gasteiger partial charge in [-0.3, -0.25) is 4.79 Å². The van der Waals surface area contributed by atoms with Crippen LogP contribution >= 0.6 is 11.3 Å². The minimum Gasteiger partial charge on any atom is -0.383 e. The van der Waals surface area contributed by atoms with Crippen molar-refractivity contribution >= 4 is 29.0 Å². The second-order valence-corrected chi connectivity index (χ2v) is 8.40. The summed E-state index contributed by atoms with van der Waals surface area (Å²) in [5.41, 5.74) is 2.60. The molecule has 1 aromatic carbocycles. The van der Waals surface area contributed by atoms with Gasteiger partial charge in [-0.15, -0.1) is 11.3 Å². The molecule has 4 heterocycles. The molecular formula is C23H24FN7O2S. The minimum absolute atomic E-state index is 0.148. The topological polar surface area (TPSA) is 109 Å². The summed E-state index contributed by atoms with van der Waals surface area (Å²) in [5.74, 6) is 0.839. The van der Waals surface area contributed by atoms with Gasteiger partial charge in [0, 0.05) is 36.9 Å². The number of nitrogens with one attached hydrogen (secondary N) is 1. The molecule has 1 amide bonds. The zero-order valence-corrected chi connectivity index (χ0v) is 19.3. The molecular weight excluding hydrogens is 457 g/mol. The number of hydrogen-bond donors (Lipinski definition) is 2. The maximum atomic E-state index is 12.4. The first-order chi connectivity index (χ1) is 16.5. The average Bonchev–Trinajstić information content (AvgIpc) is 3.59. The summed E-state index contributed by atoms with van der Waals surface area (Å²) in [5, 5.41) is 14.7. The number of carbonyl (C=O) groups excluding carboxylic acids is 1. The van der Waals surface area contributed by atoms with Crippen LogP contribution in [0.4, 0.5) is 16.2 Å². The van der Waals surface area contributed by atoms with E-state index in [1.807, 2.05) is 41.8 Å². The number of aliphatic hydroxyl groups excluding tert-OH is 1. The number of anilines is 2. The molecule has 4 aromatic rings. The smallest absolute Gasteiger partial charge is 0.251 e. The molecule has 9 nitrogen and oxygen atoms in total. The van der Waals surface area contributed by atoms with Crippen molar-refractivity contribution in [3.05, 3.63) is 60.5 Å². The van der Waals surface area contributed by atoms with Crippen LogP contribution in [-0.4, -0.2) is 66.8 Å². The van der Waals surface area contributed by atoms with E-state index in [9.17, 15) is 9.18 Å². The number of nitrogens with zero attached hydrogens (tertiary/aromatic N) is 6. The number of hydrogen-bond acceptors (Lipinski definition) is 8. The van der Waals surface area contributed by atoms with Crippen LogP contribution < -0.4 is 5.32 Å². The van der Waals surface area contributed by atoms with Gasteiger partial charge in [0.15, 0.2) is 5.82 Å². The highest BCUT2D eigenvalue weighted by Crippen LogP contribution is 2.28. The molecule has 0 aliphatic carbocycles. The number of aromatic nitrogens is 5. The van der Waals surface area contributed by atoms with Gasteiger partial charge in [-0.1, -0.05) is 30.3 Å². The monoisotopic (exact) mass is 481 g/mol. The van der Waals surface area contributed by atoms with Gasteiger partial charge in [0.1, 0.15) is 23.5 Å². The Bertz CT molecular complexity index is 1220. The molecule has 0 spiro atoms. The Hall–Kier alpha value is -3.70. The van der Waals surface area contributed by atoms with Crippen molar-refractivity contribution in [2.45, 2.75) is 19.1 Å². The third-order valence-electron chi connectivity index (χ3n) is 5.06. The summed E-state index contributed by atoms with van der Waals surface area (Å²) < 4.78 is 14.0. The van der Waals surface area contributed by atoms with Crippen molar-refractivity contribution in [3.63, 3.8) is 0 Å². The maximum absolute atomic E-state index is 12.4. The van der Waals surface area contributed by atoms with Crippen LogP contribution in [0.1, 0.15) is 6.42 Å². The Balaban J connectivity index is 0.000000291. The normalized spacial score (nSPS) is 15.2. The molecule has 2 N–H and O–H groups in total. The number of halogens is 1. The van der Waals surface area contributed by atoms with E-state index in [2.05, 4.69) is 25.3 Å². The Morgan fingerprint density at radius 2 is 2.00 bits per heavy atom. The van der Waals surface area contributed by atoms with E-state index in [0.29, 0.717) is 24.7 Å². The molecule has 34 heavy (non-hydrogen) atoms. The molecule has 5 rings (SSSR count). The molecule has 1 aliphatic rings. The van der Waals surface area contributed by atoms with Gasteiger partial charge in [0.05, 0.1) is 18.6 Å². The number of imidazole rings is 1. The number of likely N-dealkylation sites (N-methyl/N-ethyl adjacent to an activating group) is 1. The number of carbonyl (C=O) groups is 1. The largest absolute Gasteiger partial charge is 0.383 e. The lowest BCUT2D eigenvalue weighted by molar-refractivity contribution is -0.133. The number of aliphatic hydroxyl groups is 1. The summed E-state index contributed by atoms with van der Waals surface area (Å²) >= 11 is 1.57. The first-order valence-electron chi connectivity index (χ1n) is 10.7. The lowest BCUT2D eigenvalue weighted by atomic mass is 10.2. The fraction of sp³-hybridized carbons (Fsp3) is 0.261. The Morgan fingerprint density at radius 1 is 1.18 bits per heavy atom. The second-order valence-electron chi connectivity index (χ2n) is 7.54. The molecule has 1 atom stereocenters. The van der Waals surface area contributed by atoms with Crippen LogP contribution in [0.3, 0.4) is 0 Å². The molecule has 1 fully saturated rings. The van der Waals surface area contributed by atoms with E-state index in [4.69, 9.17) is 5.11 Å². The first-order valence-corrected chi connectivity index (χ1v) is 11.5. The van der Waals surface area contributed by atoms with Crippen molar-refractivity contribution in [2.24, 2.45) is 0 Å². The Labute approximate surface area is 200 Å². The minimum atomic E-state index is -0.722. The summed E-state index contributed by atoms with van der Waals surface area (Å²) in [6, 6.07) is 11.8. The zero-order valence-electron chi connectivity index (χ0n) is 18.5. The van der Waals surface area contributed by atoms with Crippen LogP contribution in [0.15, 0.2) is 60.5 Å². The number of thiazole rings is 1. The third kappa shape index (κ3) is 5.80. The van der Waals surface area contributed by atoms with Crippen molar-refractivity contribution < 1.29 is 14.3 Å². The van der Waals surface area contributed by atoms with Crippen LogP contribution in [0.5, 0.6) is 0 Å². The summed E-state index contributed by atoms with van der Waals surface area (Å²) in [7, 11) is 1.69. The SMILES string of the molecule is CN1CCC(O)C1=O.FCCn1cnc(Nc2nccc(-c3csc(-c4ccccc4)n3)n2)c1. The molecule has 1 saturated heterocycles. The Kier molecular flexibility index (Phi) is 7.55. The molecule has 1 aliphatic heterocycles. The van der Waals surface area contributed by atoms with Crippen LogP contribution in [0.25, 0.3) is 22.0 Å². The van der Waals surface area contributed by atoms with Crippen molar-refractivity contribution in [3.8, 4) is 22.0 Å². The zero-order chi connectivity index (χ0) is 23.9. The van der Waals surface area contributed by atoms with Crippen molar-refractivity contribution in [1.29, 1.82) is 0 Å². The van der Waals surface area contributed by atoms with E-state index in [0.717, 1.165) is 22.0 Å². The highest BCUT2D eigenvalue weighted by atomic mass is 32.1. The van der Waals surface area contributed by atoms with Crippen LogP contribution in [0, 0.1) is 0 Å². The maximum Gasteiger partial charge on any atom is 0.251 e.